The van der Waals surface area contributed by atoms with Crippen molar-refractivity contribution in [1.82, 2.24) is 14.5 Å². The van der Waals surface area contributed by atoms with E-state index >= 15 is 0 Å². The molecule has 2 saturated heterocycles. The molecule has 0 radical (unpaired) electrons. The van der Waals surface area contributed by atoms with Gasteiger partial charge in [-0.15, -0.1) is 0 Å². The fourth-order valence-electron chi connectivity index (χ4n) is 4.54. The lowest BCUT2D eigenvalue weighted by Gasteiger charge is -2.34. The minimum absolute atomic E-state index is 0.207. The highest BCUT2D eigenvalue weighted by Crippen LogP contribution is 2.27. The predicted octanol–water partition coefficient (Wildman–Crippen LogP) is 2.96. The SMILES string of the molecule is CC1CC(C)CN(S(=O)(=O)c2cccc(C(=O)NCCCN3CCCCC3)c2)C1. The molecule has 2 aliphatic heterocycles. The van der Waals surface area contributed by atoms with Crippen molar-refractivity contribution in [2.75, 3.05) is 39.3 Å². The largest absolute Gasteiger partial charge is 0.352 e. The Bertz CT molecular complexity index is 780. The average Bonchev–Trinajstić information content (AvgIpc) is 2.71. The Balaban J connectivity index is 1.57. The van der Waals surface area contributed by atoms with Crippen LogP contribution < -0.4 is 5.32 Å². The Morgan fingerprint density at radius 3 is 2.48 bits per heavy atom. The number of hydrogen-bond acceptors (Lipinski definition) is 4. The molecule has 0 spiro atoms. The molecule has 2 unspecified atom stereocenters. The molecule has 0 aliphatic carbocycles. The van der Waals surface area contributed by atoms with Crippen LogP contribution in [0.25, 0.3) is 0 Å². The monoisotopic (exact) mass is 421 g/mol. The van der Waals surface area contributed by atoms with Crippen molar-refractivity contribution in [3.05, 3.63) is 29.8 Å². The topological polar surface area (TPSA) is 69.7 Å². The van der Waals surface area contributed by atoms with Crippen molar-refractivity contribution in [2.45, 2.75) is 50.8 Å². The van der Waals surface area contributed by atoms with Crippen LogP contribution in [0, 0.1) is 11.8 Å². The van der Waals surface area contributed by atoms with Crippen LogP contribution in [0.2, 0.25) is 0 Å². The van der Waals surface area contributed by atoms with Crippen LogP contribution in [0.15, 0.2) is 29.2 Å². The average molecular weight is 422 g/mol. The van der Waals surface area contributed by atoms with Crippen LogP contribution in [0.3, 0.4) is 0 Å². The molecule has 0 aromatic heterocycles. The van der Waals surface area contributed by atoms with Gasteiger partial charge in [-0.1, -0.05) is 26.3 Å². The summed E-state index contributed by atoms with van der Waals surface area (Å²) < 4.78 is 27.7. The third-order valence-electron chi connectivity index (χ3n) is 5.95. The van der Waals surface area contributed by atoms with Crippen LogP contribution in [0.5, 0.6) is 0 Å². The molecule has 0 saturated carbocycles. The van der Waals surface area contributed by atoms with Crippen molar-refractivity contribution in [1.29, 1.82) is 0 Å². The number of benzene rings is 1. The van der Waals surface area contributed by atoms with E-state index in [2.05, 4.69) is 24.1 Å². The van der Waals surface area contributed by atoms with E-state index in [0.717, 1.165) is 32.5 Å². The van der Waals surface area contributed by atoms with Crippen LogP contribution in [-0.4, -0.2) is 62.8 Å². The highest BCUT2D eigenvalue weighted by atomic mass is 32.2. The van der Waals surface area contributed by atoms with Gasteiger partial charge in [-0.25, -0.2) is 8.42 Å². The molecule has 6 nitrogen and oxygen atoms in total. The Hall–Kier alpha value is -1.44. The molecular formula is C22H35N3O3S. The summed E-state index contributed by atoms with van der Waals surface area (Å²) in [6.07, 6.45) is 5.81. The molecule has 1 aromatic rings. The maximum absolute atomic E-state index is 13.1. The van der Waals surface area contributed by atoms with E-state index in [9.17, 15) is 13.2 Å². The fourth-order valence-corrected chi connectivity index (χ4v) is 6.26. The van der Waals surface area contributed by atoms with Gasteiger partial charge in [-0.2, -0.15) is 4.31 Å². The summed E-state index contributed by atoms with van der Waals surface area (Å²) in [5.41, 5.74) is 0.405. The standard InChI is InChI=1S/C22H35N3O3S/c1-18-14-19(2)17-25(16-18)29(27,28)21-9-6-8-20(15-21)22(26)23-10-7-13-24-11-4-3-5-12-24/h6,8-9,15,18-19H,3-5,7,10-14,16-17H2,1-2H3,(H,23,26). The van der Waals surface area contributed by atoms with Gasteiger partial charge in [-0.05, 0) is 75.4 Å². The zero-order valence-corrected chi connectivity index (χ0v) is 18.6. The Morgan fingerprint density at radius 1 is 1.10 bits per heavy atom. The van der Waals surface area contributed by atoms with E-state index in [-0.39, 0.29) is 10.8 Å². The molecule has 2 heterocycles. The summed E-state index contributed by atoms with van der Waals surface area (Å²) in [5, 5.41) is 2.94. The minimum atomic E-state index is -3.58. The second-order valence-electron chi connectivity index (χ2n) is 8.81. The van der Waals surface area contributed by atoms with E-state index in [1.807, 2.05) is 0 Å². The second kappa shape index (κ2) is 10.0. The number of nitrogens with zero attached hydrogens (tertiary/aromatic N) is 2. The second-order valence-corrected chi connectivity index (χ2v) is 10.7. The molecule has 1 aromatic carbocycles. The van der Waals surface area contributed by atoms with Gasteiger partial charge < -0.3 is 10.2 Å². The van der Waals surface area contributed by atoms with Gasteiger partial charge in [-0.3, -0.25) is 4.79 Å². The molecule has 7 heteroatoms. The molecule has 1 amide bonds. The quantitative estimate of drug-likeness (QED) is 0.687. The zero-order valence-electron chi connectivity index (χ0n) is 17.8. The van der Waals surface area contributed by atoms with Crippen molar-refractivity contribution >= 4 is 15.9 Å². The van der Waals surface area contributed by atoms with Crippen LogP contribution in [0.4, 0.5) is 0 Å². The first kappa shape index (κ1) is 22.2. The van der Waals surface area contributed by atoms with Crippen molar-refractivity contribution < 1.29 is 13.2 Å². The van der Waals surface area contributed by atoms with Crippen molar-refractivity contribution in [2.24, 2.45) is 11.8 Å². The summed E-state index contributed by atoms with van der Waals surface area (Å²) in [7, 11) is -3.58. The number of hydrogen-bond donors (Lipinski definition) is 1. The molecule has 2 fully saturated rings. The van der Waals surface area contributed by atoms with E-state index in [0.29, 0.717) is 37.0 Å². The van der Waals surface area contributed by atoms with Gasteiger partial charge in [0.1, 0.15) is 0 Å². The van der Waals surface area contributed by atoms with Crippen LogP contribution in [0.1, 0.15) is 56.3 Å². The summed E-state index contributed by atoms with van der Waals surface area (Å²) in [6, 6.07) is 6.44. The lowest BCUT2D eigenvalue weighted by molar-refractivity contribution is 0.0951. The maximum Gasteiger partial charge on any atom is 0.251 e. The van der Waals surface area contributed by atoms with E-state index in [1.54, 1.807) is 22.5 Å². The highest BCUT2D eigenvalue weighted by Gasteiger charge is 2.31. The third-order valence-corrected chi connectivity index (χ3v) is 7.78. The predicted molar refractivity (Wildman–Crippen MR) is 115 cm³/mol. The maximum atomic E-state index is 13.1. The van der Waals surface area contributed by atoms with Gasteiger partial charge >= 0.3 is 0 Å². The van der Waals surface area contributed by atoms with Crippen LogP contribution >= 0.6 is 0 Å². The Kier molecular flexibility index (Phi) is 7.71. The third kappa shape index (κ3) is 6.03. The lowest BCUT2D eigenvalue weighted by atomic mass is 9.94. The molecule has 2 aliphatic rings. The minimum Gasteiger partial charge on any atom is -0.352 e. The normalized spacial score (nSPS) is 24.3. The van der Waals surface area contributed by atoms with Gasteiger partial charge in [0, 0.05) is 25.2 Å². The summed E-state index contributed by atoms with van der Waals surface area (Å²) in [4.78, 5) is 15.2. The smallest absolute Gasteiger partial charge is 0.251 e. The highest BCUT2D eigenvalue weighted by molar-refractivity contribution is 7.89. The number of sulfonamides is 1. The molecule has 3 rings (SSSR count). The first-order valence-electron chi connectivity index (χ1n) is 11.0. The lowest BCUT2D eigenvalue weighted by Crippen LogP contribution is -2.42. The number of carbonyl (C=O) groups excluding carboxylic acids is 1. The molecule has 0 bridgehead atoms. The number of nitrogens with one attached hydrogen (secondary N) is 1. The number of amides is 1. The van der Waals surface area contributed by atoms with Gasteiger partial charge in [0.05, 0.1) is 4.90 Å². The Labute approximate surface area is 175 Å². The number of likely N-dealkylation sites (tertiary alicyclic amines) is 1. The van der Waals surface area contributed by atoms with Crippen molar-refractivity contribution in [3.63, 3.8) is 0 Å². The zero-order chi connectivity index (χ0) is 20.9. The number of carbonyl (C=O) groups is 1. The molecule has 29 heavy (non-hydrogen) atoms. The number of rotatable bonds is 7. The van der Waals surface area contributed by atoms with E-state index in [1.165, 1.54) is 25.3 Å². The molecule has 162 valence electrons. The van der Waals surface area contributed by atoms with Crippen LogP contribution in [-0.2, 0) is 10.0 Å². The molecule has 1 N–H and O–H groups in total. The summed E-state index contributed by atoms with van der Waals surface area (Å²) in [5.74, 6) is 0.487. The summed E-state index contributed by atoms with van der Waals surface area (Å²) >= 11 is 0. The Morgan fingerprint density at radius 2 is 1.79 bits per heavy atom. The number of piperidine rings is 2. The molecular weight excluding hydrogens is 386 g/mol. The van der Waals surface area contributed by atoms with Gasteiger partial charge in [0.15, 0.2) is 0 Å². The van der Waals surface area contributed by atoms with E-state index in [4.69, 9.17) is 0 Å². The first-order chi connectivity index (χ1) is 13.9. The fraction of sp³-hybridized carbons (Fsp3) is 0.682. The van der Waals surface area contributed by atoms with E-state index < -0.39 is 10.0 Å². The summed E-state index contributed by atoms with van der Waals surface area (Å²) in [6.45, 7) is 9.17. The van der Waals surface area contributed by atoms with Gasteiger partial charge in [0.2, 0.25) is 10.0 Å². The first-order valence-corrected chi connectivity index (χ1v) is 12.4. The molecule has 2 atom stereocenters. The van der Waals surface area contributed by atoms with Crippen molar-refractivity contribution in [3.8, 4) is 0 Å². The van der Waals surface area contributed by atoms with Gasteiger partial charge in [0.25, 0.3) is 5.91 Å².